The summed E-state index contributed by atoms with van der Waals surface area (Å²) in [6.45, 7) is 1.18. The molecule has 14 heavy (non-hydrogen) atoms. The van der Waals surface area contributed by atoms with Crippen LogP contribution in [0.15, 0.2) is 12.1 Å². The summed E-state index contributed by atoms with van der Waals surface area (Å²) >= 11 is 5.45. The van der Waals surface area contributed by atoms with Crippen LogP contribution in [0, 0.1) is 0 Å². The molecule has 5 heteroatoms. The number of phenolic OH excluding ortho intramolecular Hbond substituents is 1. The number of hydrogen-bond acceptors (Lipinski definition) is 2. The summed E-state index contributed by atoms with van der Waals surface area (Å²) in [4.78, 5) is 10.9. The van der Waals surface area contributed by atoms with Crippen molar-refractivity contribution in [1.82, 2.24) is 0 Å². The van der Waals surface area contributed by atoms with Crippen molar-refractivity contribution in [2.45, 2.75) is 13.3 Å². The minimum absolute atomic E-state index is 0.148. The highest BCUT2D eigenvalue weighted by Crippen LogP contribution is 2.36. The summed E-state index contributed by atoms with van der Waals surface area (Å²) < 4.78 is 24.8. The van der Waals surface area contributed by atoms with E-state index in [1.54, 1.807) is 0 Å². The Labute approximate surface area is 84.1 Å². The normalized spacial score (nSPS) is 10.6. The number of carbonyl (C=O) groups is 1. The largest absolute Gasteiger partial charge is 0.507 e. The molecule has 2 nitrogen and oxygen atoms in total. The molecule has 0 saturated carbocycles. The molecule has 0 aliphatic heterocycles. The molecule has 1 rings (SSSR count). The van der Waals surface area contributed by atoms with Gasteiger partial charge in [0.1, 0.15) is 5.75 Å². The third-order valence-corrected chi connectivity index (χ3v) is 2.09. The Hall–Kier alpha value is -1.16. The van der Waals surface area contributed by atoms with Gasteiger partial charge in [-0.15, -0.1) is 0 Å². The molecule has 0 bridgehead atoms. The van der Waals surface area contributed by atoms with E-state index < -0.39 is 23.5 Å². The number of halogens is 3. The number of ketones is 1. The number of aromatic hydroxyl groups is 1. The highest BCUT2D eigenvalue weighted by Gasteiger charge is 2.21. The monoisotopic (exact) mass is 220 g/mol. The molecule has 1 N–H and O–H groups in total. The van der Waals surface area contributed by atoms with Crippen LogP contribution < -0.4 is 0 Å². The average molecular weight is 221 g/mol. The molecule has 0 unspecified atom stereocenters. The van der Waals surface area contributed by atoms with Crippen LogP contribution in [0.5, 0.6) is 5.75 Å². The molecule has 0 aromatic heterocycles. The van der Waals surface area contributed by atoms with Crippen molar-refractivity contribution in [2.75, 3.05) is 0 Å². The lowest BCUT2D eigenvalue weighted by Gasteiger charge is -2.08. The molecule has 1 aromatic rings. The summed E-state index contributed by atoms with van der Waals surface area (Å²) in [6.07, 6.45) is -2.90. The van der Waals surface area contributed by atoms with E-state index in [1.807, 2.05) is 0 Å². The molecule has 0 fully saturated rings. The Morgan fingerprint density at radius 2 is 2.07 bits per heavy atom. The first kappa shape index (κ1) is 10.9. The summed E-state index contributed by atoms with van der Waals surface area (Å²) in [5.74, 6) is -1.22. The molecule has 76 valence electrons. The first-order chi connectivity index (χ1) is 6.45. The van der Waals surface area contributed by atoms with Gasteiger partial charge in [-0.2, -0.15) is 0 Å². The summed E-state index contributed by atoms with van der Waals surface area (Å²) in [5, 5.41) is 9.08. The van der Waals surface area contributed by atoms with Crippen molar-refractivity contribution in [3.05, 3.63) is 28.3 Å². The van der Waals surface area contributed by atoms with Gasteiger partial charge in [-0.1, -0.05) is 11.6 Å². The van der Waals surface area contributed by atoms with E-state index in [9.17, 15) is 18.7 Å². The third-order valence-electron chi connectivity index (χ3n) is 1.76. The number of Topliss-reactive ketones (excluding diaryl/α,β-unsaturated/α-hetero) is 1. The second-order valence-electron chi connectivity index (χ2n) is 2.71. The fourth-order valence-corrected chi connectivity index (χ4v) is 1.31. The Bertz CT molecular complexity index is 377. The van der Waals surface area contributed by atoms with E-state index in [0.29, 0.717) is 0 Å². The second kappa shape index (κ2) is 3.92. The Morgan fingerprint density at radius 3 is 2.50 bits per heavy atom. The third kappa shape index (κ3) is 1.85. The van der Waals surface area contributed by atoms with Gasteiger partial charge in [0, 0.05) is 0 Å². The van der Waals surface area contributed by atoms with Gasteiger partial charge in [-0.25, -0.2) is 8.78 Å². The Balaban J connectivity index is 3.41. The van der Waals surface area contributed by atoms with Gasteiger partial charge in [0.15, 0.2) is 5.78 Å². The summed E-state index contributed by atoms with van der Waals surface area (Å²) in [7, 11) is 0. The minimum atomic E-state index is -2.90. The van der Waals surface area contributed by atoms with E-state index in [4.69, 9.17) is 11.6 Å². The smallest absolute Gasteiger partial charge is 0.268 e. The van der Waals surface area contributed by atoms with Crippen LogP contribution in [-0.2, 0) is 0 Å². The van der Waals surface area contributed by atoms with E-state index in [0.717, 1.165) is 0 Å². The average Bonchev–Trinajstić information content (AvgIpc) is 2.02. The number of carbonyl (C=O) groups excluding carboxylic acids is 1. The topological polar surface area (TPSA) is 37.3 Å². The fraction of sp³-hybridized carbons (Fsp3) is 0.222. The maximum Gasteiger partial charge on any atom is 0.268 e. The molecule has 0 heterocycles. The van der Waals surface area contributed by atoms with Crippen LogP contribution in [0.1, 0.15) is 29.3 Å². The molecule has 0 saturated heterocycles. The predicted octanol–water partition coefficient (Wildman–Crippen LogP) is 3.19. The highest BCUT2D eigenvalue weighted by molar-refractivity contribution is 6.31. The zero-order valence-corrected chi connectivity index (χ0v) is 7.98. The number of benzene rings is 1. The van der Waals surface area contributed by atoms with E-state index in [1.165, 1.54) is 19.1 Å². The van der Waals surface area contributed by atoms with Crippen LogP contribution in [0.4, 0.5) is 8.78 Å². The van der Waals surface area contributed by atoms with Crippen molar-refractivity contribution in [2.24, 2.45) is 0 Å². The predicted molar refractivity (Wildman–Crippen MR) is 48.1 cm³/mol. The number of phenols is 1. The highest BCUT2D eigenvalue weighted by atomic mass is 35.5. The lowest BCUT2D eigenvalue weighted by Crippen LogP contribution is -1.97. The first-order valence-corrected chi connectivity index (χ1v) is 4.13. The SMILES string of the molecule is CC(=O)c1ccc(Cl)c(C(F)F)c1O. The maximum absolute atomic E-state index is 12.4. The van der Waals surface area contributed by atoms with E-state index in [2.05, 4.69) is 0 Å². The van der Waals surface area contributed by atoms with Gasteiger partial charge in [0.25, 0.3) is 6.43 Å². The van der Waals surface area contributed by atoms with Crippen molar-refractivity contribution in [3.8, 4) is 5.75 Å². The Morgan fingerprint density at radius 1 is 1.50 bits per heavy atom. The van der Waals surface area contributed by atoms with Crippen molar-refractivity contribution in [1.29, 1.82) is 0 Å². The molecule has 0 atom stereocenters. The quantitative estimate of drug-likeness (QED) is 0.778. The molecular weight excluding hydrogens is 214 g/mol. The zero-order chi connectivity index (χ0) is 10.9. The van der Waals surface area contributed by atoms with Gasteiger partial charge in [0.05, 0.1) is 16.1 Å². The molecule has 0 amide bonds. The van der Waals surface area contributed by atoms with Gasteiger partial charge >= 0.3 is 0 Å². The lowest BCUT2D eigenvalue weighted by atomic mass is 10.1. The van der Waals surface area contributed by atoms with Crippen LogP contribution in [0.3, 0.4) is 0 Å². The van der Waals surface area contributed by atoms with E-state index >= 15 is 0 Å². The summed E-state index contributed by atoms with van der Waals surface area (Å²) in [5.41, 5.74) is -0.843. The zero-order valence-electron chi connectivity index (χ0n) is 7.22. The van der Waals surface area contributed by atoms with Gasteiger partial charge in [0.2, 0.25) is 0 Å². The standard InChI is InChI=1S/C9H7ClF2O2/c1-4(13)5-2-3-6(10)7(8(5)14)9(11)12/h2-3,9,14H,1H3. The van der Waals surface area contributed by atoms with Crippen LogP contribution in [0.25, 0.3) is 0 Å². The number of alkyl halides is 2. The van der Waals surface area contributed by atoms with Crippen molar-refractivity contribution in [3.63, 3.8) is 0 Å². The summed E-state index contributed by atoms with van der Waals surface area (Å²) in [6, 6.07) is 2.38. The van der Waals surface area contributed by atoms with Crippen LogP contribution in [0.2, 0.25) is 5.02 Å². The molecule has 1 aromatic carbocycles. The molecule has 0 aliphatic rings. The lowest BCUT2D eigenvalue weighted by molar-refractivity contribution is 0.101. The number of hydrogen-bond donors (Lipinski definition) is 1. The van der Waals surface area contributed by atoms with Crippen LogP contribution in [-0.4, -0.2) is 10.9 Å². The van der Waals surface area contributed by atoms with Crippen LogP contribution >= 0.6 is 11.6 Å². The molecule has 0 spiro atoms. The number of rotatable bonds is 2. The second-order valence-corrected chi connectivity index (χ2v) is 3.12. The molecular formula is C9H7ClF2O2. The van der Waals surface area contributed by atoms with Gasteiger partial charge < -0.3 is 5.11 Å². The molecule has 0 radical (unpaired) electrons. The Kier molecular flexibility index (Phi) is 3.06. The maximum atomic E-state index is 12.4. The van der Waals surface area contributed by atoms with Gasteiger partial charge in [-0.05, 0) is 19.1 Å². The van der Waals surface area contributed by atoms with Crippen molar-refractivity contribution >= 4 is 17.4 Å². The fourth-order valence-electron chi connectivity index (χ4n) is 1.08. The van der Waals surface area contributed by atoms with Gasteiger partial charge in [-0.3, -0.25) is 4.79 Å². The van der Waals surface area contributed by atoms with Crippen molar-refractivity contribution < 1.29 is 18.7 Å². The minimum Gasteiger partial charge on any atom is -0.507 e. The molecule has 0 aliphatic carbocycles. The first-order valence-electron chi connectivity index (χ1n) is 3.75. The van der Waals surface area contributed by atoms with E-state index in [-0.39, 0.29) is 10.6 Å².